The zero-order chi connectivity index (χ0) is 13.4. The van der Waals surface area contributed by atoms with Crippen LogP contribution in [0.1, 0.15) is 18.4 Å². The molecule has 0 N–H and O–H groups in total. The second kappa shape index (κ2) is 5.12. The summed E-state index contributed by atoms with van der Waals surface area (Å²) < 4.78 is 7.84. The molecule has 1 heterocycles. The van der Waals surface area contributed by atoms with Gasteiger partial charge in [-0.2, -0.15) is 0 Å². The lowest BCUT2D eigenvalue weighted by atomic mass is 10.0. The van der Waals surface area contributed by atoms with Crippen molar-refractivity contribution in [2.45, 2.75) is 12.8 Å². The number of ether oxygens (including phenoxy) is 1. The molecule has 2 aromatic carbocycles. The molecule has 1 aromatic heterocycles. The maximum atomic E-state index is 6.09. The summed E-state index contributed by atoms with van der Waals surface area (Å²) in [6, 6.07) is 12.8. The first kappa shape index (κ1) is 12.9. The summed E-state index contributed by atoms with van der Waals surface area (Å²) in [5.41, 5.74) is 1.33. The molecular formula is C16H15ClOS. The van der Waals surface area contributed by atoms with Crippen LogP contribution in [0.5, 0.6) is 0 Å². The van der Waals surface area contributed by atoms with E-state index in [-0.39, 0.29) is 0 Å². The number of benzene rings is 2. The molecule has 0 saturated heterocycles. The van der Waals surface area contributed by atoms with Crippen LogP contribution in [0.3, 0.4) is 0 Å². The zero-order valence-electron chi connectivity index (χ0n) is 10.9. The normalized spacial score (nSPS) is 13.2. The fraction of sp³-hybridized carbons (Fsp3) is 0.250. The van der Waals surface area contributed by atoms with Crippen molar-refractivity contribution in [3.05, 3.63) is 47.0 Å². The van der Waals surface area contributed by atoms with Gasteiger partial charge in [0.25, 0.3) is 0 Å². The molecule has 3 heteroatoms. The van der Waals surface area contributed by atoms with Gasteiger partial charge in [0.05, 0.1) is 6.61 Å². The fourth-order valence-corrected chi connectivity index (χ4v) is 3.73. The number of methoxy groups -OCH3 is 1. The van der Waals surface area contributed by atoms with Crippen molar-refractivity contribution in [3.8, 4) is 0 Å². The van der Waals surface area contributed by atoms with Crippen molar-refractivity contribution in [2.75, 3.05) is 13.7 Å². The zero-order valence-corrected chi connectivity index (χ0v) is 12.5. The van der Waals surface area contributed by atoms with E-state index in [2.05, 4.69) is 31.2 Å². The summed E-state index contributed by atoms with van der Waals surface area (Å²) >= 11 is 7.91. The van der Waals surface area contributed by atoms with Gasteiger partial charge in [-0.3, -0.25) is 0 Å². The van der Waals surface area contributed by atoms with E-state index in [1.807, 2.05) is 23.5 Å². The average Bonchev–Trinajstić information content (AvgIpc) is 2.76. The molecule has 0 amide bonds. The van der Waals surface area contributed by atoms with Gasteiger partial charge >= 0.3 is 0 Å². The first-order valence-corrected chi connectivity index (χ1v) is 7.49. The third kappa shape index (κ3) is 2.36. The second-order valence-electron chi connectivity index (χ2n) is 4.85. The standard InChI is InChI=1S/C16H15ClOS/c1-10(9-18-2)11-3-5-13-14-8-12(17)4-6-15(14)19-16(13)7-11/h3-8,10H,9H2,1-2H3. The molecule has 0 radical (unpaired) electrons. The van der Waals surface area contributed by atoms with E-state index in [1.54, 1.807) is 7.11 Å². The molecule has 0 fully saturated rings. The molecule has 0 spiro atoms. The molecule has 1 atom stereocenters. The highest BCUT2D eigenvalue weighted by atomic mass is 35.5. The Hall–Kier alpha value is -1.09. The Kier molecular flexibility index (Phi) is 3.48. The third-order valence-electron chi connectivity index (χ3n) is 3.44. The quantitative estimate of drug-likeness (QED) is 0.622. The van der Waals surface area contributed by atoms with Crippen LogP contribution in [-0.4, -0.2) is 13.7 Å². The number of hydrogen-bond acceptors (Lipinski definition) is 2. The van der Waals surface area contributed by atoms with Gasteiger partial charge < -0.3 is 4.74 Å². The minimum Gasteiger partial charge on any atom is -0.384 e. The molecule has 0 aliphatic carbocycles. The van der Waals surface area contributed by atoms with E-state index in [0.717, 1.165) is 11.6 Å². The van der Waals surface area contributed by atoms with Crippen molar-refractivity contribution in [3.63, 3.8) is 0 Å². The Morgan fingerprint density at radius 1 is 1.11 bits per heavy atom. The molecule has 98 valence electrons. The van der Waals surface area contributed by atoms with E-state index in [0.29, 0.717) is 5.92 Å². The van der Waals surface area contributed by atoms with Gasteiger partial charge in [-0.15, -0.1) is 11.3 Å². The van der Waals surface area contributed by atoms with Crippen molar-refractivity contribution in [2.24, 2.45) is 0 Å². The summed E-state index contributed by atoms with van der Waals surface area (Å²) in [6.07, 6.45) is 0. The smallest absolute Gasteiger partial charge is 0.0528 e. The van der Waals surface area contributed by atoms with Gasteiger partial charge in [-0.25, -0.2) is 0 Å². The molecule has 0 aliphatic heterocycles. The highest BCUT2D eigenvalue weighted by molar-refractivity contribution is 7.25. The van der Waals surface area contributed by atoms with E-state index in [1.165, 1.54) is 25.7 Å². The lowest BCUT2D eigenvalue weighted by molar-refractivity contribution is 0.184. The minimum absolute atomic E-state index is 0.420. The van der Waals surface area contributed by atoms with Gasteiger partial charge in [0.2, 0.25) is 0 Å². The number of hydrogen-bond donors (Lipinski definition) is 0. The summed E-state index contributed by atoms with van der Waals surface area (Å²) in [7, 11) is 1.75. The number of halogens is 1. The predicted octanol–water partition coefficient (Wildman–Crippen LogP) is 5.46. The molecule has 1 unspecified atom stereocenters. The summed E-state index contributed by atoms with van der Waals surface area (Å²) in [5.74, 6) is 0.420. The number of rotatable bonds is 3. The highest BCUT2D eigenvalue weighted by Crippen LogP contribution is 2.36. The van der Waals surface area contributed by atoms with Gasteiger partial charge in [-0.1, -0.05) is 30.7 Å². The Morgan fingerprint density at radius 3 is 2.74 bits per heavy atom. The van der Waals surface area contributed by atoms with E-state index >= 15 is 0 Å². The van der Waals surface area contributed by atoms with Crippen LogP contribution >= 0.6 is 22.9 Å². The van der Waals surface area contributed by atoms with Crippen LogP contribution in [-0.2, 0) is 4.74 Å². The Morgan fingerprint density at radius 2 is 1.95 bits per heavy atom. The SMILES string of the molecule is COCC(C)c1ccc2c(c1)sc1ccc(Cl)cc12. The third-order valence-corrected chi connectivity index (χ3v) is 4.81. The van der Waals surface area contributed by atoms with Crippen molar-refractivity contribution in [1.82, 2.24) is 0 Å². The lowest BCUT2D eigenvalue weighted by Gasteiger charge is -2.10. The molecule has 19 heavy (non-hydrogen) atoms. The second-order valence-corrected chi connectivity index (χ2v) is 6.37. The Labute approximate surface area is 121 Å². The topological polar surface area (TPSA) is 9.23 Å². The fourth-order valence-electron chi connectivity index (χ4n) is 2.42. The Balaban J connectivity index is 2.16. The summed E-state index contributed by atoms with van der Waals surface area (Å²) in [4.78, 5) is 0. The van der Waals surface area contributed by atoms with Crippen molar-refractivity contribution in [1.29, 1.82) is 0 Å². The summed E-state index contributed by atoms with van der Waals surface area (Å²) in [6.45, 7) is 2.94. The Bertz CT molecular complexity index is 732. The molecule has 0 bridgehead atoms. The number of fused-ring (bicyclic) bond motifs is 3. The lowest BCUT2D eigenvalue weighted by Crippen LogP contribution is -2.01. The van der Waals surface area contributed by atoms with E-state index < -0.39 is 0 Å². The molecule has 3 rings (SSSR count). The van der Waals surface area contributed by atoms with Crippen LogP contribution in [0, 0.1) is 0 Å². The largest absolute Gasteiger partial charge is 0.384 e. The first-order chi connectivity index (χ1) is 9.19. The monoisotopic (exact) mass is 290 g/mol. The maximum Gasteiger partial charge on any atom is 0.0528 e. The van der Waals surface area contributed by atoms with Crippen LogP contribution in [0.15, 0.2) is 36.4 Å². The number of thiophene rings is 1. The minimum atomic E-state index is 0.420. The van der Waals surface area contributed by atoms with Crippen LogP contribution in [0.2, 0.25) is 5.02 Å². The van der Waals surface area contributed by atoms with E-state index in [4.69, 9.17) is 16.3 Å². The van der Waals surface area contributed by atoms with E-state index in [9.17, 15) is 0 Å². The molecule has 0 saturated carbocycles. The molecule has 3 aromatic rings. The first-order valence-electron chi connectivity index (χ1n) is 6.29. The van der Waals surface area contributed by atoms with Crippen LogP contribution in [0.4, 0.5) is 0 Å². The summed E-state index contributed by atoms with van der Waals surface area (Å²) in [5, 5.41) is 3.33. The van der Waals surface area contributed by atoms with Gasteiger partial charge in [0, 0.05) is 38.2 Å². The van der Waals surface area contributed by atoms with Crippen LogP contribution < -0.4 is 0 Å². The van der Waals surface area contributed by atoms with Gasteiger partial charge in [0.1, 0.15) is 0 Å². The van der Waals surface area contributed by atoms with Crippen LogP contribution in [0.25, 0.3) is 20.2 Å². The highest BCUT2D eigenvalue weighted by Gasteiger charge is 2.09. The van der Waals surface area contributed by atoms with Gasteiger partial charge in [-0.05, 0) is 29.8 Å². The maximum absolute atomic E-state index is 6.09. The molecular weight excluding hydrogens is 276 g/mol. The van der Waals surface area contributed by atoms with Crippen molar-refractivity contribution < 1.29 is 4.74 Å². The predicted molar refractivity (Wildman–Crippen MR) is 84.6 cm³/mol. The average molecular weight is 291 g/mol. The molecule has 1 nitrogen and oxygen atoms in total. The van der Waals surface area contributed by atoms with Gasteiger partial charge in [0.15, 0.2) is 0 Å². The van der Waals surface area contributed by atoms with Crippen molar-refractivity contribution >= 4 is 43.1 Å². The molecule has 0 aliphatic rings.